The van der Waals surface area contributed by atoms with Gasteiger partial charge in [-0.25, -0.2) is 0 Å². The molecule has 0 spiro atoms. The predicted molar refractivity (Wildman–Crippen MR) is 79.1 cm³/mol. The van der Waals surface area contributed by atoms with Crippen LogP contribution in [0.25, 0.3) is 0 Å². The first-order chi connectivity index (χ1) is 9.69. The predicted octanol–water partition coefficient (Wildman–Crippen LogP) is 1.22. The van der Waals surface area contributed by atoms with Gasteiger partial charge in [-0.3, -0.25) is 4.79 Å². The van der Waals surface area contributed by atoms with E-state index < -0.39 is 0 Å². The second-order valence-corrected chi connectivity index (χ2v) is 5.70. The molecule has 0 saturated heterocycles. The number of rotatable bonds is 5. The van der Waals surface area contributed by atoms with Crippen molar-refractivity contribution in [2.75, 3.05) is 6.61 Å². The van der Waals surface area contributed by atoms with Gasteiger partial charge in [0, 0.05) is 12.0 Å². The zero-order valence-corrected chi connectivity index (χ0v) is 11.8. The van der Waals surface area contributed by atoms with Gasteiger partial charge >= 0.3 is 0 Å². The minimum Gasteiger partial charge on any atom is -0.394 e. The highest BCUT2D eigenvalue weighted by atomic mass is 16.3. The molecule has 0 heterocycles. The largest absolute Gasteiger partial charge is 0.394 e. The van der Waals surface area contributed by atoms with Crippen molar-refractivity contribution in [2.45, 2.75) is 44.2 Å². The van der Waals surface area contributed by atoms with E-state index in [1.807, 2.05) is 30.3 Å². The quantitative estimate of drug-likeness (QED) is 0.757. The summed E-state index contributed by atoms with van der Waals surface area (Å²) in [5.74, 6) is 0.0405. The first-order valence-corrected chi connectivity index (χ1v) is 7.39. The molecule has 4 heteroatoms. The average Bonchev–Trinajstić information content (AvgIpc) is 2.47. The van der Waals surface area contributed by atoms with Gasteiger partial charge in [0.05, 0.1) is 12.6 Å². The molecular formula is C16H24N2O2. The molecule has 0 aromatic heterocycles. The molecule has 1 amide bonds. The minimum absolute atomic E-state index is 0.00331. The SMILES string of the molecule is NC1CCCC(C(=O)N[C@@H](CO)Cc2ccccc2)C1. The monoisotopic (exact) mass is 276 g/mol. The number of amides is 1. The Balaban J connectivity index is 1.87. The van der Waals surface area contributed by atoms with Crippen molar-refractivity contribution in [2.24, 2.45) is 11.7 Å². The van der Waals surface area contributed by atoms with Crippen molar-refractivity contribution >= 4 is 5.91 Å². The lowest BCUT2D eigenvalue weighted by Crippen LogP contribution is -2.44. The molecular weight excluding hydrogens is 252 g/mol. The zero-order chi connectivity index (χ0) is 14.4. The molecule has 2 unspecified atom stereocenters. The van der Waals surface area contributed by atoms with Crippen molar-refractivity contribution in [1.29, 1.82) is 0 Å². The average molecular weight is 276 g/mol. The van der Waals surface area contributed by atoms with E-state index in [2.05, 4.69) is 5.32 Å². The van der Waals surface area contributed by atoms with Crippen molar-refractivity contribution in [1.82, 2.24) is 5.32 Å². The summed E-state index contributed by atoms with van der Waals surface area (Å²) in [6.45, 7) is -0.0423. The number of hydrogen-bond donors (Lipinski definition) is 3. The van der Waals surface area contributed by atoms with Gasteiger partial charge in [0.1, 0.15) is 0 Å². The van der Waals surface area contributed by atoms with E-state index in [0.29, 0.717) is 6.42 Å². The number of benzene rings is 1. The Hall–Kier alpha value is -1.39. The van der Waals surface area contributed by atoms with E-state index in [9.17, 15) is 9.90 Å². The maximum atomic E-state index is 12.2. The number of nitrogens with two attached hydrogens (primary N) is 1. The summed E-state index contributed by atoms with van der Waals surface area (Å²) in [6, 6.07) is 9.82. The normalized spacial score (nSPS) is 24.1. The fraction of sp³-hybridized carbons (Fsp3) is 0.562. The van der Waals surface area contributed by atoms with Gasteiger partial charge < -0.3 is 16.2 Å². The fourth-order valence-electron chi connectivity index (χ4n) is 2.84. The molecule has 20 heavy (non-hydrogen) atoms. The third-order valence-electron chi connectivity index (χ3n) is 3.98. The molecule has 1 aromatic carbocycles. The third kappa shape index (κ3) is 4.32. The number of carbonyl (C=O) groups excluding carboxylic acids is 1. The molecule has 1 fully saturated rings. The Morgan fingerprint density at radius 1 is 1.35 bits per heavy atom. The topological polar surface area (TPSA) is 75.4 Å². The standard InChI is InChI=1S/C16H24N2O2/c17-14-8-4-7-13(10-14)16(20)18-15(11-19)9-12-5-2-1-3-6-12/h1-3,5-6,13-15,19H,4,7-11,17H2,(H,18,20)/t13?,14?,15-/m1/s1. The number of aliphatic hydroxyl groups is 1. The molecule has 0 bridgehead atoms. The maximum absolute atomic E-state index is 12.2. The fourth-order valence-corrected chi connectivity index (χ4v) is 2.84. The molecule has 1 aliphatic carbocycles. The molecule has 0 aliphatic heterocycles. The maximum Gasteiger partial charge on any atom is 0.223 e. The Morgan fingerprint density at radius 3 is 2.75 bits per heavy atom. The minimum atomic E-state index is -0.219. The van der Waals surface area contributed by atoms with E-state index in [0.717, 1.165) is 31.2 Å². The summed E-state index contributed by atoms with van der Waals surface area (Å²) in [5.41, 5.74) is 7.04. The Labute approximate surface area is 120 Å². The second-order valence-electron chi connectivity index (χ2n) is 5.70. The van der Waals surface area contributed by atoms with Gasteiger partial charge in [0.2, 0.25) is 5.91 Å². The van der Waals surface area contributed by atoms with Crippen molar-refractivity contribution in [3.05, 3.63) is 35.9 Å². The molecule has 1 aliphatic rings. The molecule has 0 radical (unpaired) electrons. The molecule has 4 N–H and O–H groups in total. The lowest BCUT2D eigenvalue weighted by molar-refractivity contribution is -0.127. The van der Waals surface area contributed by atoms with Crippen LogP contribution < -0.4 is 11.1 Å². The number of aliphatic hydroxyl groups excluding tert-OH is 1. The third-order valence-corrected chi connectivity index (χ3v) is 3.98. The van der Waals surface area contributed by atoms with Crippen LogP contribution in [0.4, 0.5) is 0 Å². The van der Waals surface area contributed by atoms with Crippen LogP contribution >= 0.6 is 0 Å². The van der Waals surface area contributed by atoms with Gasteiger partial charge in [0.25, 0.3) is 0 Å². The van der Waals surface area contributed by atoms with E-state index in [1.165, 1.54) is 0 Å². The van der Waals surface area contributed by atoms with Crippen LogP contribution in [-0.4, -0.2) is 29.7 Å². The van der Waals surface area contributed by atoms with E-state index >= 15 is 0 Å². The Kier molecular flexibility index (Phi) is 5.56. The van der Waals surface area contributed by atoms with E-state index in [1.54, 1.807) is 0 Å². The van der Waals surface area contributed by atoms with Crippen molar-refractivity contribution < 1.29 is 9.90 Å². The number of hydrogen-bond acceptors (Lipinski definition) is 3. The first kappa shape index (κ1) is 15.0. The summed E-state index contributed by atoms with van der Waals surface area (Å²) < 4.78 is 0. The molecule has 1 aromatic rings. The van der Waals surface area contributed by atoms with Crippen LogP contribution in [-0.2, 0) is 11.2 Å². The first-order valence-electron chi connectivity index (χ1n) is 7.39. The van der Waals surface area contributed by atoms with Crippen LogP contribution in [0.2, 0.25) is 0 Å². The Morgan fingerprint density at radius 2 is 2.10 bits per heavy atom. The summed E-state index contributed by atoms with van der Waals surface area (Å²) in [4.78, 5) is 12.2. The summed E-state index contributed by atoms with van der Waals surface area (Å²) >= 11 is 0. The van der Waals surface area contributed by atoms with Gasteiger partial charge in [-0.05, 0) is 31.2 Å². The summed E-state index contributed by atoms with van der Waals surface area (Å²) in [6.07, 6.45) is 4.35. The molecule has 4 nitrogen and oxygen atoms in total. The van der Waals surface area contributed by atoms with Crippen LogP contribution in [0.1, 0.15) is 31.2 Å². The molecule has 2 rings (SSSR count). The van der Waals surface area contributed by atoms with E-state index in [4.69, 9.17) is 5.73 Å². The second kappa shape index (κ2) is 7.41. The lowest BCUT2D eigenvalue weighted by atomic mass is 9.85. The highest BCUT2D eigenvalue weighted by molar-refractivity contribution is 5.79. The van der Waals surface area contributed by atoms with E-state index in [-0.39, 0.29) is 30.5 Å². The number of carbonyl (C=O) groups is 1. The summed E-state index contributed by atoms with van der Waals surface area (Å²) in [5, 5.41) is 12.4. The lowest BCUT2D eigenvalue weighted by Gasteiger charge is -2.27. The van der Waals surface area contributed by atoms with Gasteiger partial charge in [-0.15, -0.1) is 0 Å². The van der Waals surface area contributed by atoms with Crippen LogP contribution in [0, 0.1) is 5.92 Å². The summed E-state index contributed by atoms with van der Waals surface area (Å²) in [7, 11) is 0. The van der Waals surface area contributed by atoms with Gasteiger partial charge in [0.15, 0.2) is 0 Å². The Bertz CT molecular complexity index is 422. The van der Waals surface area contributed by atoms with Gasteiger partial charge in [-0.1, -0.05) is 36.8 Å². The molecule has 3 atom stereocenters. The van der Waals surface area contributed by atoms with Crippen LogP contribution in [0.3, 0.4) is 0 Å². The molecule has 110 valence electrons. The highest BCUT2D eigenvalue weighted by Crippen LogP contribution is 2.23. The molecule has 1 saturated carbocycles. The highest BCUT2D eigenvalue weighted by Gasteiger charge is 2.26. The van der Waals surface area contributed by atoms with Gasteiger partial charge in [-0.2, -0.15) is 0 Å². The number of nitrogens with one attached hydrogen (secondary N) is 1. The van der Waals surface area contributed by atoms with Crippen molar-refractivity contribution in [3.8, 4) is 0 Å². The van der Waals surface area contributed by atoms with Crippen LogP contribution in [0.5, 0.6) is 0 Å². The van der Waals surface area contributed by atoms with Crippen molar-refractivity contribution in [3.63, 3.8) is 0 Å². The smallest absolute Gasteiger partial charge is 0.223 e. The zero-order valence-electron chi connectivity index (χ0n) is 11.8. The van der Waals surface area contributed by atoms with Crippen LogP contribution in [0.15, 0.2) is 30.3 Å².